The molecule has 0 unspecified atom stereocenters. The molecule has 246 valence electrons. The molecule has 0 saturated heterocycles. The van der Waals surface area contributed by atoms with Gasteiger partial charge in [-0.25, -0.2) is 0 Å². The highest BCUT2D eigenvalue weighted by Crippen LogP contribution is 2.46. The lowest BCUT2D eigenvalue weighted by Gasteiger charge is -2.49. The van der Waals surface area contributed by atoms with Gasteiger partial charge in [0.15, 0.2) is 0 Å². The van der Waals surface area contributed by atoms with Gasteiger partial charge in [0.1, 0.15) is 5.78 Å². The molecule has 0 spiro atoms. The van der Waals surface area contributed by atoms with E-state index in [-0.39, 0.29) is 21.3 Å². The van der Waals surface area contributed by atoms with E-state index < -0.39 is 24.7 Å². The Hall–Kier alpha value is -1.97. The van der Waals surface area contributed by atoms with Gasteiger partial charge in [0.25, 0.3) is 8.32 Å². The van der Waals surface area contributed by atoms with Gasteiger partial charge in [-0.3, -0.25) is 4.79 Å². The van der Waals surface area contributed by atoms with Gasteiger partial charge < -0.3 is 4.43 Å². The molecule has 0 N–H and O–H groups in total. The Balaban J connectivity index is 2.41. The zero-order valence-electron chi connectivity index (χ0n) is 31.4. The molecule has 0 aliphatic carbocycles. The molecular weight excluding hydrogens is 553 g/mol. The van der Waals surface area contributed by atoms with Gasteiger partial charge in [-0.1, -0.05) is 170 Å². The standard InChI is InChI=1S/C41H66O2Si/c1-35(2,3)29-37(7,8)27-28-38(9,10)30-39(11,12)34(42)40(13,14)31-41(15,16)43-44(36(4,5)6,32-23-19-17-20-24-32)33-25-21-18-22-26-33/h17-28H,29-31H2,1-16H3/b28-27-. The third-order valence-corrected chi connectivity index (χ3v) is 14.1. The first-order chi connectivity index (χ1) is 19.7. The predicted molar refractivity (Wildman–Crippen MR) is 195 cm³/mol. The molecule has 0 radical (unpaired) electrons. The molecule has 2 aromatic carbocycles. The highest BCUT2D eigenvalue weighted by atomic mass is 28.4. The van der Waals surface area contributed by atoms with Crippen molar-refractivity contribution < 1.29 is 9.22 Å². The molecular formula is C41H66O2Si. The van der Waals surface area contributed by atoms with E-state index in [2.05, 4.69) is 184 Å². The summed E-state index contributed by atoms with van der Waals surface area (Å²) in [5.74, 6) is 0.305. The molecule has 2 rings (SSSR count). The summed E-state index contributed by atoms with van der Waals surface area (Å²) in [5.41, 5.74) is -1.33. The monoisotopic (exact) mass is 618 g/mol. The Morgan fingerprint density at radius 1 is 0.568 bits per heavy atom. The molecule has 0 aliphatic rings. The molecule has 0 atom stereocenters. The maximum Gasteiger partial charge on any atom is 0.261 e. The van der Waals surface area contributed by atoms with Crippen molar-refractivity contribution in [2.75, 3.05) is 0 Å². The second kappa shape index (κ2) is 13.0. The molecule has 0 bridgehead atoms. The smallest absolute Gasteiger partial charge is 0.261 e. The van der Waals surface area contributed by atoms with Crippen molar-refractivity contribution in [3.8, 4) is 0 Å². The molecule has 0 aromatic heterocycles. The topological polar surface area (TPSA) is 26.3 Å². The highest BCUT2D eigenvalue weighted by molar-refractivity contribution is 6.99. The van der Waals surface area contributed by atoms with Crippen molar-refractivity contribution in [1.29, 1.82) is 0 Å². The Kier molecular flexibility index (Phi) is 11.3. The van der Waals surface area contributed by atoms with Crippen molar-refractivity contribution in [1.82, 2.24) is 0 Å². The largest absolute Gasteiger partial charge is 0.402 e. The zero-order valence-corrected chi connectivity index (χ0v) is 32.4. The minimum atomic E-state index is -2.77. The van der Waals surface area contributed by atoms with Crippen LogP contribution >= 0.6 is 0 Å². The van der Waals surface area contributed by atoms with Crippen molar-refractivity contribution in [2.45, 2.75) is 141 Å². The summed E-state index contributed by atoms with van der Waals surface area (Å²) in [5, 5.41) is 2.40. The Morgan fingerprint density at radius 3 is 1.30 bits per heavy atom. The molecule has 0 fully saturated rings. The maximum atomic E-state index is 14.5. The second-order valence-electron chi connectivity index (χ2n) is 19.0. The molecule has 0 amide bonds. The zero-order chi connectivity index (χ0) is 34.0. The summed E-state index contributed by atoms with van der Waals surface area (Å²) in [6.45, 7) is 35.9. The Labute approximate surface area is 273 Å². The minimum absolute atomic E-state index is 0.102. The van der Waals surface area contributed by atoms with E-state index in [0.717, 1.165) is 12.8 Å². The van der Waals surface area contributed by atoms with Gasteiger partial charge in [-0.15, -0.1) is 0 Å². The molecule has 0 saturated carbocycles. The third kappa shape index (κ3) is 10.0. The number of ketones is 1. The summed E-state index contributed by atoms with van der Waals surface area (Å²) in [4.78, 5) is 14.5. The van der Waals surface area contributed by atoms with E-state index >= 15 is 0 Å². The van der Waals surface area contributed by atoms with E-state index in [0.29, 0.717) is 12.2 Å². The molecule has 2 aromatic rings. The lowest BCUT2D eigenvalue weighted by molar-refractivity contribution is -0.140. The Bertz CT molecular complexity index is 1210. The van der Waals surface area contributed by atoms with Crippen LogP contribution in [0.25, 0.3) is 0 Å². The number of hydrogen-bond acceptors (Lipinski definition) is 2. The number of benzene rings is 2. The van der Waals surface area contributed by atoms with Crippen LogP contribution in [0.5, 0.6) is 0 Å². The molecule has 0 heterocycles. The van der Waals surface area contributed by atoms with Gasteiger partial charge in [0, 0.05) is 10.8 Å². The number of allylic oxidation sites excluding steroid dienone is 2. The van der Waals surface area contributed by atoms with Crippen LogP contribution in [-0.4, -0.2) is 19.7 Å². The van der Waals surface area contributed by atoms with Gasteiger partial charge in [0.05, 0.1) is 5.60 Å². The summed E-state index contributed by atoms with van der Waals surface area (Å²) >= 11 is 0. The van der Waals surface area contributed by atoms with Crippen LogP contribution in [0.15, 0.2) is 72.8 Å². The highest BCUT2D eigenvalue weighted by Gasteiger charge is 2.54. The third-order valence-electron chi connectivity index (χ3n) is 8.81. The lowest BCUT2D eigenvalue weighted by atomic mass is 9.64. The van der Waals surface area contributed by atoms with Crippen LogP contribution in [0.3, 0.4) is 0 Å². The maximum absolute atomic E-state index is 14.5. The molecule has 3 heteroatoms. The number of rotatable bonds is 13. The first-order valence-electron chi connectivity index (χ1n) is 16.7. The quantitative estimate of drug-likeness (QED) is 0.165. The van der Waals surface area contributed by atoms with E-state index in [4.69, 9.17) is 4.43 Å². The van der Waals surface area contributed by atoms with E-state index in [1.807, 2.05) is 0 Å². The number of carbonyl (C=O) groups excluding carboxylic acids is 1. The van der Waals surface area contributed by atoms with Gasteiger partial charge in [0.2, 0.25) is 0 Å². The van der Waals surface area contributed by atoms with Crippen molar-refractivity contribution in [3.63, 3.8) is 0 Å². The van der Waals surface area contributed by atoms with Crippen molar-refractivity contribution in [2.24, 2.45) is 27.1 Å². The van der Waals surface area contributed by atoms with Gasteiger partial charge >= 0.3 is 0 Å². The van der Waals surface area contributed by atoms with Crippen LogP contribution < -0.4 is 10.4 Å². The van der Waals surface area contributed by atoms with Crippen LogP contribution in [0, 0.1) is 27.1 Å². The lowest BCUT2D eigenvalue weighted by Crippen LogP contribution is -2.69. The number of carbonyl (C=O) groups is 1. The summed E-state index contributed by atoms with van der Waals surface area (Å²) < 4.78 is 7.55. The SMILES string of the molecule is CC(C)(C)CC(C)(C)/C=C\C(C)(C)CC(C)(C)C(=O)C(C)(C)CC(C)(C)O[Si](c1ccccc1)(c1ccccc1)C(C)(C)C. The fourth-order valence-corrected chi connectivity index (χ4v) is 13.1. The minimum Gasteiger partial charge on any atom is -0.402 e. The summed E-state index contributed by atoms with van der Waals surface area (Å²) in [6, 6.07) is 21.6. The molecule has 44 heavy (non-hydrogen) atoms. The summed E-state index contributed by atoms with van der Waals surface area (Å²) in [7, 11) is -2.77. The molecule has 0 aliphatic heterocycles. The Morgan fingerprint density at radius 2 is 0.932 bits per heavy atom. The summed E-state index contributed by atoms with van der Waals surface area (Å²) in [6.07, 6.45) is 7.28. The van der Waals surface area contributed by atoms with Crippen LogP contribution in [0.2, 0.25) is 5.04 Å². The molecule has 2 nitrogen and oxygen atoms in total. The van der Waals surface area contributed by atoms with Gasteiger partial charge in [-0.05, 0) is 64.8 Å². The average Bonchev–Trinajstić information content (AvgIpc) is 2.83. The van der Waals surface area contributed by atoms with E-state index in [1.54, 1.807) is 0 Å². The first kappa shape index (κ1) is 38.2. The fourth-order valence-electron chi connectivity index (χ4n) is 8.32. The predicted octanol–water partition coefficient (Wildman–Crippen LogP) is 10.8. The number of hydrogen-bond donors (Lipinski definition) is 0. The first-order valence-corrected chi connectivity index (χ1v) is 18.6. The van der Waals surface area contributed by atoms with Crippen molar-refractivity contribution in [3.05, 3.63) is 72.8 Å². The average molecular weight is 619 g/mol. The van der Waals surface area contributed by atoms with E-state index in [9.17, 15) is 4.79 Å². The van der Waals surface area contributed by atoms with Gasteiger partial charge in [-0.2, -0.15) is 0 Å². The van der Waals surface area contributed by atoms with Crippen molar-refractivity contribution >= 4 is 24.5 Å². The number of Topliss-reactive ketones (excluding diaryl/α,β-unsaturated/α-hetero) is 1. The second-order valence-corrected chi connectivity index (χ2v) is 23.2. The van der Waals surface area contributed by atoms with Crippen LogP contribution in [0.4, 0.5) is 0 Å². The normalized spacial score (nSPS) is 14.7. The fraction of sp³-hybridized carbons (Fsp3) is 0.634. The van der Waals surface area contributed by atoms with Crippen LogP contribution in [-0.2, 0) is 9.22 Å². The van der Waals surface area contributed by atoms with E-state index in [1.165, 1.54) is 10.4 Å². The van der Waals surface area contributed by atoms with Crippen LogP contribution in [0.1, 0.15) is 130 Å².